The van der Waals surface area contributed by atoms with Crippen molar-refractivity contribution in [3.05, 3.63) is 156 Å². The van der Waals surface area contributed by atoms with Gasteiger partial charge in [-0.2, -0.15) is 16.8 Å². The average Bonchev–Trinajstić information content (AvgIpc) is 3.10. The molecule has 0 aliphatic rings. The number of anilines is 2. The SMILES string of the molecule is Nc1ccc(-c2ccc(-c3ccc(-c4ccc(N)cc4)cc3C(=O)c3cccc(S(=O)(=O)O)c3)c(C(=O)c3cccc(S(=O)(=O)O)c3)c2)cc1. The third-order valence-corrected chi connectivity index (χ3v) is 9.79. The van der Waals surface area contributed by atoms with Gasteiger partial charge in [0.1, 0.15) is 0 Å². The van der Waals surface area contributed by atoms with Gasteiger partial charge in [0, 0.05) is 33.6 Å². The van der Waals surface area contributed by atoms with E-state index in [0.29, 0.717) is 33.6 Å². The molecule has 6 rings (SSSR count). The number of ketones is 2. The first-order valence-electron chi connectivity index (χ1n) is 14.9. The largest absolute Gasteiger partial charge is 0.399 e. The molecule has 0 spiro atoms. The molecule has 6 aromatic rings. The Kier molecular flexibility index (Phi) is 8.95. The van der Waals surface area contributed by atoms with Gasteiger partial charge >= 0.3 is 0 Å². The van der Waals surface area contributed by atoms with Crippen molar-refractivity contribution in [2.24, 2.45) is 0 Å². The highest BCUT2D eigenvalue weighted by Gasteiger charge is 2.24. The van der Waals surface area contributed by atoms with E-state index in [2.05, 4.69) is 0 Å². The zero-order chi connectivity index (χ0) is 35.8. The maximum atomic E-state index is 14.3. The lowest BCUT2D eigenvalue weighted by atomic mass is 9.85. The molecule has 6 aromatic carbocycles. The molecule has 0 saturated heterocycles. The summed E-state index contributed by atoms with van der Waals surface area (Å²) in [6.07, 6.45) is 0. The molecule has 250 valence electrons. The predicted molar refractivity (Wildman–Crippen MR) is 191 cm³/mol. The molecule has 0 atom stereocenters. The molecule has 0 aromatic heterocycles. The van der Waals surface area contributed by atoms with Crippen molar-refractivity contribution in [2.75, 3.05) is 11.5 Å². The maximum Gasteiger partial charge on any atom is 0.294 e. The molecular weight excluding hydrogens is 677 g/mol. The van der Waals surface area contributed by atoms with E-state index in [9.17, 15) is 35.5 Å². The molecule has 0 aliphatic heterocycles. The first-order valence-corrected chi connectivity index (χ1v) is 17.8. The summed E-state index contributed by atoms with van der Waals surface area (Å²) in [6.45, 7) is 0. The topological polar surface area (TPSA) is 195 Å². The minimum absolute atomic E-state index is 0.0388. The highest BCUT2D eigenvalue weighted by atomic mass is 32.2. The number of hydrogen-bond donors (Lipinski definition) is 4. The van der Waals surface area contributed by atoms with Crippen LogP contribution in [0.15, 0.2) is 143 Å². The summed E-state index contributed by atoms with van der Waals surface area (Å²) in [7, 11) is -9.26. The van der Waals surface area contributed by atoms with E-state index in [1.54, 1.807) is 84.9 Å². The zero-order valence-corrected chi connectivity index (χ0v) is 27.6. The molecule has 0 amide bonds. The zero-order valence-electron chi connectivity index (χ0n) is 26.0. The van der Waals surface area contributed by atoms with Gasteiger partial charge in [0.05, 0.1) is 9.79 Å². The lowest BCUT2D eigenvalue weighted by molar-refractivity contribution is 0.102. The van der Waals surface area contributed by atoms with E-state index in [0.717, 1.165) is 35.4 Å². The Hall–Kier alpha value is -5.92. The minimum atomic E-state index is -4.63. The second-order valence-corrected chi connectivity index (χ2v) is 14.3. The first-order chi connectivity index (χ1) is 23.7. The van der Waals surface area contributed by atoms with Gasteiger partial charge in [0.25, 0.3) is 20.2 Å². The van der Waals surface area contributed by atoms with E-state index in [-0.39, 0.29) is 22.3 Å². The lowest BCUT2D eigenvalue weighted by Gasteiger charge is -2.17. The Balaban J connectivity index is 1.60. The number of benzene rings is 6. The second-order valence-electron chi connectivity index (χ2n) is 11.4. The highest BCUT2D eigenvalue weighted by Crippen LogP contribution is 2.36. The van der Waals surface area contributed by atoms with E-state index >= 15 is 0 Å². The Morgan fingerprint density at radius 3 is 1.12 bits per heavy atom. The van der Waals surface area contributed by atoms with Crippen LogP contribution in [0.5, 0.6) is 0 Å². The predicted octanol–water partition coefficient (Wildman–Crippen LogP) is 6.81. The van der Waals surface area contributed by atoms with E-state index in [1.165, 1.54) is 24.3 Å². The number of hydrogen-bond acceptors (Lipinski definition) is 8. The number of rotatable bonds is 9. The van der Waals surface area contributed by atoms with Crippen LogP contribution in [0, 0.1) is 0 Å². The molecule has 6 N–H and O–H groups in total. The first kappa shape index (κ1) is 34.0. The van der Waals surface area contributed by atoms with Gasteiger partial charge in [-0.25, -0.2) is 0 Å². The fourth-order valence-corrected chi connectivity index (χ4v) is 6.60. The molecule has 50 heavy (non-hydrogen) atoms. The molecule has 0 saturated carbocycles. The van der Waals surface area contributed by atoms with Crippen LogP contribution in [0.4, 0.5) is 11.4 Å². The molecule has 0 unspecified atom stereocenters. The van der Waals surface area contributed by atoms with Crippen molar-refractivity contribution in [3.63, 3.8) is 0 Å². The van der Waals surface area contributed by atoms with Crippen molar-refractivity contribution in [2.45, 2.75) is 9.79 Å². The number of carbonyl (C=O) groups is 2. The molecule has 0 heterocycles. The van der Waals surface area contributed by atoms with E-state index in [4.69, 9.17) is 11.5 Å². The van der Waals surface area contributed by atoms with Crippen LogP contribution >= 0.6 is 0 Å². The Labute approximate surface area is 288 Å². The van der Waals surface area contributed by atoms with Crippen LogP contribution in [0.25, 0.3) is 33.4 Å². The van der Waals surface area contributed by atoms with Gasteiger partial charge in [-0.1, -0.05) is 72.8 Å². The van der Waals surface area contributed by atoms with Gasteiger partial charge in [0.15, 0.2) is 11.6 Å². The molecule has 12 heteroatoms. The number of carbonyl (C=O) groups excluding carboxylic acids is 2. The quantitative estimate of drug-likeness (QED) is 0.0705. The summed E-state index contributed by atoms with van der Waals surface area (Å²) in [5.74, 6) is -1.20. The minimum Gasteiger partial charge on any atom is -0.399 e. The van der Waals surface area contributed by atoms with Gasteiger partial charge in [-0.15, -0.1) is 0 Å². The standard InChI is InChI=1S/C38H28N2O8S2/c39-29-13-7-23(8-14-29)25-11-17-33(35(21-25)37(41)27-3-1-5-31(19-27)49(43,44)45)34-18-12-26(24-9-15-30(40)16-10-24)22-36(34)38(42)28-4-2-6-32(20-28)50(46,47)48/h1-22H,39-40H2,(H,43,44,45)(H,46,47,48). The fourth-order valence-electron chi connectivity index (χ4n) is 5.55. The summed E-state index contributed by atoms with van der Waals surface area (Å²) in [5, 5.41) is 0. The third-order valence-electron chi connectivity index (χ3n) is 8.09. The highest BCUT2D eigenvalue weighted by molar-refractivity contribution is 7.86. The van der Waals surface area contributed by atoms with E-state index < -0.39 is 41.6 Å². The van der Waals surface area contributed by atoms with Gasteiger partial charge in [-0.3, -0.25) is 18.7 Å². The molecule has 10 nitrogen and oxygen atoms in total. The van der Waals surface area contributed by atoms with Gasteiger partial charge < -0.3 is 11.5 Å². The molecule has 0 aliphatic carbocycles. The normalized spacial score (nSPS) is 11.6. The lowest BCUT2D eigenvalue weighted by Crippen LogP contribution is -2.09. The summed E-state index contributed by atoms with van der Waals surface area (Å²) in [6, 6.07) is 33.9. The van der Waals surface area contributed by atoms with Gasteiger partial charge in [-0.05, 0) is 94.0 Å². The van der Waals surface area contributed by atoms with Crippen LogP contribution < -0.4 is 11.5 Å². The van der Waals surface area contributed by atoms with Crippen molar-refractivity contribution in [1.82, 2.24) is 0 Å². The van der Waals surface area contributed by atoms with Crippen LogP contribution in [0.1, 0.15) is 31.8 Å². The van der Waals surface area contributed by atoms with Crippen LogP contribution in [0.3, 0.4) is 0 Å². The second kappa shape index (κ2) is 13.2. The van der Waals surface area contributed by atoms with Crippen molar-refractivity contribution in [3.8, 4) is 33.4 Å². The summed E-state index contributed by atoms with van der Waals surface area (Å²) >= 11 is 0. The Bertz CT molecular complexity index is 2350. The van der Waals surface area contributed by atoms with Crippen LogP contribution in [0.2, 0.25) is 0 Å². The van der Waals surface area contributed by atoms with Crippen molar-refractivity contribution >= 4 is 43.2 Å². The van der Waals surface area contributed by atoms with Crippen molar-refractivity contribution < 1.29 is 35.5 Å². The Morgan fingerprint density at radius 2 is 0.780 bits per heavy atom. The molecule has 0 bridgehead atoms. The Morgan fingerprint density at radius 1 is 0.440 bits per heavy atom. The van der Waals surface area contributed by atoms with Crippen molar-refractivity contribution in [1.29, 1.82) is 0 Å². The summed E-state index contributed by atoms with van der Waals surface area (Å²) in [5.41, 5.74) is 16.3. The number of nitrogen functional groups attached to an aromatic ring is 2. The van der Waals surface area contributed by atoms with E-state index in [1.807, 2.05) is 0 Å². The maximum absolute atomic E-state index is 14.3. The summed E-state index contributed by atoms with van der Waals surface area (Å²) < 4.78 is 67.1. The molecule has 0 fully saturated rings. The molecule has 0 radical (unpaired) electrons. The number of nitrogens with two attached hydrogens (primary N) is 2. The summed E-state index contributed by atoms with van der Waals surface area (Å²) in [4.78, 5) is 27.7. The third kappa shape index (κ3) is 7.09. The van der Waals surface area contributed by atoms with Gasteiger partial charge in [0.2, 0.25) is 0 Å². The van der Waals surface area contributed by atoms with Crippen LogP contribution in [-0.4, -0.2) is 37.5 Å². The van der Waals surface area contributed by atoms with Crippen LogP contribution in [-0.2, 0) is 20.2 Å². The average molecular weight is 705 g/mol. The molecular formula is C38H28N2O8S2. The fraction of sp³-hybridized carbons (Fsp3) is 0. The monoisotopic (exact) mass is 704 g/mol. The smallest absolute Gasteiger partial charge is 0.294 e.